The Balaban J connectivity index is 1.53. The predicted octanol–water partition coefficient (Wildman–Crippen LogP) is 4.96. The van der Waals surface area contributed by atoms with E-state index in [0.717, 1.165) is 54.5 Å². The molecule has 0 saturated carbocycles. The molecule has 3 aromatic carbocycles. The smallest absolute Gasteiger partial charge is 0.203 e. The monoisotopic (exact) mass is 461 g/mol. The SMILES string of the molecule is COc1ccc2c(c1OC)CN1CCc3cc(OCc4ccccc4)c(OC)c(OC)c3C1C2. The fraction of sp³-hybridized carbons (Fsp3) is 0.357. The van der Waals surface area contributed by atoms with Gasteiger partial charge in [-0.3, -0.25) is 4.90 Å². The average Bonchev–Trinajstić information content (AvgIpc) is 2.89. The Bertz CT molecular complexity index is 1180. The van der Waals surface area contributed by atoms with Gasteiger partial charge in [0.25, 0.3) is 0 Å². The molecule has 6 nitrogen and oxygen atoms in total. The zero-order valence-corrected chi connectivity index (χ0v) is 20.2. The number of benzene rings is 3. The molecule has 0 N–H and O–H groups in total. The van der Waals surface area contributed by atoms with Gasteiger partial charge in [0, 0.05) is 30.3 Å². The number of fused-ring (bicyclic) bond motifs is 4. The van der Waals surface area contributed by atoms with Crippen molar-refractivity contribution in [2.75, 3.05) is 35.0 Å². The van der Waals surface area contributed by atoms with Crippen LogP contribution in [0.5, 0.6) is 28.7 Å². The van der Waals surface area contributed by atoms with Crippen molar-refractivity contribution in [2.24, 2.45) is 0 Å². The molecule has 3 aromatic rings. The summed E-state index contributed by atoms with van der Waals surface area (Å²) in [6, 6.07) is 16.6. The normalized spacial score (nSPS) is 16.6. The lowest BCUT2D eigenvalue weighted by Crippen LogP contribution is -2.39. The Morgan fingerprint density at radius 1 is 0.794 bits per heavy atom. The topological polar surface area (TPSA) is 49.4 Å². The fourth-order valence-electron chi connectivity index (χ4n) is 5.32. The molecule has 0 spiro atoms. The summed E-state index contributed by atoms with van der Waals surface area (Å²) < 4.78 is 29.3. The van der Waals surface area contributed by atoms with Crippen LogP contribution in [0.15, 0.2) is 48.5 Å². The van der Waals surface area contributed by atoms with Crippen LogP contribution in [0.1, 0.15) is 33.9 Å². The minimum Gasteiger partial charge on any atom is -0.493 e. The maximum Gasteiger partial charge on any atom is 0.203 e. The first-order valence-corrected chi connectivity index (χ1v) is 11.6. The van der Waals surface area contributed by atoms with Crippen molar-refractivity contribution in [3.05, 3.63) is 76.3 Å². The van der Waals surface area contributed by atoms with Gasteiger partial charge in [-0.1, -0.05) is 36.4 Å². The lowest BCUT2D eigenvalue weighted by molar-refractivity contribution is 0.152. The van der Waals surface area contributed by atoms with Crippen LogP contribution in [0.4, 0.5) is 0 Å². The van der Waals surface area contributed by atoms with Crippen LogP contribution in [0.25, 0.3) is 0 Å². The van der Waals surface area contributed by atoms with E-state index in [4.69, 9.17) is 23.7 Å². The molecule has 34 heavy (non-hydrogen) atoms. The number of hydrogen-bond donors (Lipinski definition) is 0. The van der Waals surface area contributed by atoms with Gasteiger partial charge in [0.2, 0.25) is 5.75 Å². The van der Waals surface area contributed by atoms with E-state index in [-0.39, 0.29) is 6.04 Å². The van der Waals surface area contributed by atoms with Crippen molar-refractivity contribution < 1.29 is 23.7 Å². The first-order valence-electron chi connectivity index (χ1n) is 11.6. The highest BCUT2D eigenvalue weighted by molar-refractivity contribution is 5.62. The van der Waals surface area contributed by atoms with E-state index in [1.165, 1.54) is 22.3 Å². The first kappa shape index (κ1) is 22.4. The highest BCUT2D eigenvalue weighted by Crippen LogP contribution is 2.51. The summed E-state index contributed by atoms with van der Waals surface area (Å²) >= 11 is 0. The molecule has 0 saturated heterocycles. The Morgan fingerprint density at radius 3 is 2.26 bits per heavy atom. The molecule has 1 atom stereocenters. The van der Waals surface area contributed by atoms with Crippen LogP contribution < -0.4 is 23.7 Å². The van der Waals surface area contributed by atoms with E-state index >= 15 is 0 Å². The molecule has 0 amide bonds. The Hall–Kier alpha value is -3.38. The summed E-state index contributed by atoms with van der Waals surface area (Å²) in [7, 11) is 6.78. The molecule has 2 aliphatic rings. The number of nitrogens with zero attached hydrogens (tertiary/aromatic N) is 1. The standard InChI is InChI=1S/C28H31NO5/c1-30-23-11-10-19-14-22-25-20(12-13-29(22)16-21(19)26(23)31-2)15-24(27(32-3)28(25)33-4)34-17-18-8-6-5-7-9-18/h5-11,15,22H,12-14,16-17H2,1-4H3. The van der Waals surface area contributed by atoms with Gasteiger partial charge >= 0.3 is 0 Å². The zero-order valence-electron chi connectivity index (χ0n) is 20.2. The summed E-state index contributed by atoms with van der Waals surface area (Å²) in [5.41, 5.74) is 6.04. The van der Waals surface area contributed by atoms with Gasteiger partial charge in [-0.25, -0.2) is 0 Å². The summed E-state index contributed by atoms with van der Waals surface area (Å²) in [6.45, 7) is 2.23. The van der Waals surface area contributed by atoms with Gasteiger partial charge in [0.05, 0.1) is 28.4 Å². The van der Waals surface area contributed by atoms with E-state index in [1.807, 2.05) is 24.3 Å². The van der Waals surface area contributed by atoms with Crippen LogP contribution in [-0.4, -0.2) is 39.9 Å². The van der Waals surface area contributed by atoms with E-state index in [0.29, 0.717) is 12.4 Å². The molecular formula is C28H31NO5. The molecule has 0 aromatic heterocycles. The molecule has 2 aliphatic heterocycles. The van der Waals surface area contributed by atoms with E-state index in [1.54, 1.807) is 28.4 Å². The lowest BCUT2D eigenvalue weighted by Gasteiger charge is -2.42. The van der Waals surface area contributed by atoms with Crippen molar-refractivity contribution in [3.63, 3.8) is 0 Å². The first-order chi connectivity index (χ1) is 16.7. The fourth-order valence-corrected chi connectivity index (χ4v) is 5.32. The third-order valence-electron chi connectivity index (χ3n) is 6.93. The second-order valence-corrected chi connectivity index (χ2v) is 8.67. The van der Waals surface area contributed by atoms with Gasteiger partial charge in [0.15, 0.2) is 23.0 Å². The molecule has 0 aliphatic carbocycles. The minimum absolute atomic E-state index is 0.196. The number of ether oxygens (including phenoxy) is 5. The van der Waals surface area contributed by atoms with E-state index < -0.39 is 0 Å². The van der Waals surface area contributed by atoms with Crippen molar-refractivity contribution in [1.29, 1.82) is 0 Å². The largest absolute Gasteiger partial charge is 0.493 e. The molecule has 1 unspecified atom stereocenters. The van der Waals surface area contributed by atoms with Crippen LogP contribution in [-0.2, 0) is 26.0 Å². The Kier molecular flexibility index (Phi) is 6.24. The zero-order chi connectivity index (χ0) is 23.7. The Morgan fingerprint density at radius 2 is 1.56 bits per heavy atom. The van der Waals surface area contributed by atoms with Crippen LogP contribution in [0, 0.1) is 0 Å². The lowest BCUT2D eigenvalue weighted by atomic mass is 9.83. The molecule has 6 heteroatoms. The summed E-state index contributed by atoms with van der Waals surface area (Å²) in [5, 5.41) is 0. The Labute approximate surface area is 201 Å². The highest BCUT2D eigenvalue weighted by atomic mass is 16.5. The van der Waals surface area contributed by atoms with Crippen molar-refractivity contribution >= 4 is 0 Å². The predicted molar refractivity (Wildman–Crippen MR) is 130 cm³/mol. The van der Waals surface area contributed by atoms with Crippen LogP contribution >= 0.6 is 0 Å². The molecule has 0 bridgehead atoms. The third-order valence-corrected chi connectivity index (χ3v) is 6.93. The van der Waals surface area contributed by atoms with Crippen LogP contribution in [0.2, 0.25) is 0 Å². The molecule has 178 valence electrons. The van der Waals surface area contributed by atoms with Gasteiger partial charge in [-0.15, -0.1) is 0 Å². The third kappa shape index (κ3) is 3.82. The maximum atomic E-state index is 6.22. The van der Waals surface area contributed by atoms with E-state index in [2.05, 4.69) is 29.2 Å². The van der Waals surface area contributed by atoms with Gasteiger partial charge in [0.1, 0.15) is 6.61 Å². The molecule has 0 fully saturated rings. The van der Waals surface area contributed by atoms with Crippen molar-refractivity contribution in [3.8, 4) is 28.7 Å². The van der Waals surface area contributed by atoms with Gasteiger partial charge in [-0.2, -0.15) is 0 Å². The van der Waals surface area contributed by atoms with Crippen molar-refractivity contribution in [2.45, 2.75) is 32.0 Å². The molecular weight excluding hydrogens is 430 g/mol. The van der Waals surface area contributed by atoms with Gasteiger partial charge in [-0.05, 0) is 41.7 Å². The highest BCUT2D eigenvalue weighted by Gasteiger charge is 2.38. The summed E-state index contributed by atoms with van der Waals surface area (Å²) in [5.74, 6) is 3.74. The van der Waals surface area contributed by atoms with Crippen molar-refractivity contribution in [1.82, 2.24) is 4.90 Å². The molecule has 5 rings (SSSR count). The average molecular weight is 462 g/mol. The second-order valence-electron chi connectivity index (χ2n) is 8.67. The van der Waals surface area contributed by atoms with Gasteiger partial charge < -0.3 is 23.7 Å². The summed E-state index contributed by atoms with van der Waals surface area (Å²) in [4.78, 5) is 2.50. The maximum absolute atomic E-state index is 6.22. The number of methoxy groups -OCH3 is 4. The van der Waals surface area contributed by atoms with E-state index in [9.17, 15) is 0 Å². The number of hydrogen-bond acceptors (Lipinski definition) is 6. The summed E-state index contributed by atoms with van der Waals surface area (Å²) in [6.07, 6.45) is 1.78. The molecule has 2 heterocycles. The number of rotatable bonds is 7. The second kappa shape index (κ2) is 9.47. The molecule has 0 radical (unpaired) electrons. The minimum atomic E-state index is 0.196. The quantitative estimate of drug-likeness (QED) is 0.496. The van der Waals surface area contributed by atoms with Crippen LogP contribution in [0.3, 0.4) is 0 Å².